The van der Waals surface area contributed by atoms with Gasteiger partial charge in [-0.1, -0.05) is 147 Å². The highest BCUT2D eigenvalue weighted by Crippen LogP contribution is 2.56. The normalized spacial score (nSPS) is 14.3. The molecule has 0 bridgehead atoms. The first-order valence-corrected chi connectivity index (χ1v) is 21.7. The Morgan fingerprint density at radius 2 is 0.806 bits per heavy atom. The fraction of sp³-hybridized carbons (Fsp3) is 0.105. The standard InChI is InChI=1S/C57H39N3O2/c1-8-29-57(30-9-1)48-16-5-2-13-42(48)47-32-39(25-28-49(47)57)38-12-10-11-37(31-38)35-19-21-36(22-20-35)54-58-55(40-23-26-45-43-14-3-6-17-50(43)61-52(45)33-40)60-56(59-54)41-24-27-46-44-15-4-7-18-51(44)62-53(46)34-41/h2-7,10-28,31-34H,1,8-9,29-30H2. The summed E-state index contributed by atoms with van der Waals surface area (Å²) in [6.45, 7) is 0. The number of aromatic nitrogens is 3. The summed E-state index contributed by atoms with van der Waals surface area (Å²) in [5.41, 5.74) is 16.7. The van der Waals surface area contributed by atoms with Crippen molar-refractivity contribution in [2.24, 2.45) is 0 Å². The molecule has 3 heterocycles. The van der Waals surface area contributed by atoms with Crippen molar-refractivity contribution in [3.8, 4) is 67.5 Å². The Kier molecular flexibility index (Phi) is 7.77. The van der Waals surface area contributed by atoms with Crippen molar-refractivity contribution in [1.29, 1.82) is 0 Å². The van der Waals surface area contributed by atoms with Crippen LogP contribution in [0.1, 0.15) is 43.2 Å². The van der Waals surface area contributed by atoms with Gasteiger partial charge in [-0.25, -0.2) is 15.0 Å². The first-order valence-electron chi connectivity index (χ1n) is 21.7. The number of furan rings is 2. The van der Waals surface area contributed by atoms with Crippen molar-refractivity contribution in [2.45, 2.75) is 37.5 Å². The number of para-hydroxylation sites is 2. The average molecular weight is 798 g/mol. The van der Waals surface area contributed by atoms with E-state index in [4.69, 9.17) is 23.8 Å². The van der Waals surface area contributed by atoms with Gasteiger partial charge in [0.25, 0.3) is 0 Å². The van der Waals surface area contributed by atoms with Gasteiger partial charge in [0.1, 0.15) is 22.3 Å². The van der Waals surface area contributed by atoms with Crippen molar-refractivity contribution < 1.29 is 8.83 Å². The second-order valence-corrected chi connectivity index (χ2v) is 17.0. The summed E-state index contributed by atoms with van der Waals surface area (Å²) in [4.78, 5) is 15.3. The molecule has 1 saturated carbocycles. The van der Waals surface area contributed by atoms with Gasteiger partial charge in [-0.3, -0.25) is 0 Å². The summed E-state index contributed by atoms with van der Waals surface area (Å²) in [6.07, 6.45) is 6.42. The third kappa shape index (κ3) is 5.51. The molecule has 1 spiro atoms. The average Bonchev–Trinajstić information content (AvgIpc) is 3.99. The van der Waals surface area contributed by atoms with Gasteiger partial charge in [-0.15, -0.1) is 0 Å². The van der Waals surface area contributed by atoms with Crippen LogP contribution in [0.2, 0.25) is 0 Å². The number of benzene rings is 8. The summed E-state index contributed by atoms with van der Waals surface area (Å²) < 4.78 is 12.6. The zero-order valence-corrected chi connectivity index (χ0v) is 33.9. The number of rotatable bonds is 5. The van der Waals surface area contributed by atoms with Gasteiger partial charge in [-0.2, -0.15) is 0 Å². The van der Waals surface area contributed by atoms with E-state index in [1.807, 2.05) is 48.5 Å². The summed E-state index contributed by atoms with van der Waals surface area (Å²) >= 11 is 0. The van der Waals surface area contributed by atoms with Gasteiger partial charge in [-0.05, 0) is 106 Å². The third-order valence-electron chi connectivity index (χ3n) is 13.6. The molecule has 13 rings (SSSR count). The van der Waals surface area contributed by atoms with Gasteiger partial charge in [0.15, 0.2) is 17.5 Å². The number of hydrogen-bond acceptors (Lipinski definition) is 5. The highest BCUT2D eigenvalue weighted by molar-refractivity contribution is 6.07. The molecule has 2 aliphatic rings. The van der Waals surface area contributed by atoms with Crippen LogP contribution in [0.3, 0.4) is 0 Å². The van der Waals surface area contributed by atoms with Crippen LogP contribution in [0.5, 0.6) is 0 Å². The maximum atomic E-state index is 6.29. The Morgan fingerprint density at radius 1 is 0.323 bits per heavy atom. The minimum Gasteiger partial charge on any atom is -0.456 e. The van der Waals surface area contributed by atoms with Gasteiger partial charge < -0.3 is 8.83 Å². The van der Waals surface area contributed by atoms with Crippen LogP contribution in [-0.2, 0) is 5.41 Å². The predicted molar refractivity (Wildman–Crippen MR) is 251 cm³/mol. The van der Waals surface area contributed by atoms with E-state index in [0.29, 0.717) is 17.5 Å². The van der Waals surface area contributed by atoms with Crippen LogP contribution in [0.4, 0.5) is 0 Å². The van der Waals surface area contributed by atoms with Crippen LogP contribution < -0.4 is 0 Å². The Balaban J connectivity index is 0.875. The summed E-state index contributed by atoms with van der Waals surface area (Å²) in [6, 6.07) is 62.5. The number of fused-ring (bicyclic) bond motifs is 11. The van der Waals surface area contributed by atoms with E-state index >= 15 is 0 Å². The molecular formula is C57H39N3O2. The van der Waals surface area contributed by atoms with Crippen molar-refractivity contribution in [1.82, 2.24) is 15.0 Å². The van der Waals surface area contributed by atoms with E-state index in [0.717, 1.165) is 71.7 Å². The fourth-order valence-electron chi connectivity index (χ4n) is 10.5. The highest BCUT2D eigenvalue weighted by atomic mass is 16.3. The fourth-order valence-corrected chi connectivity index (χ4v) is 10.5. The number of nitrogens with zero attached hydrogens (tertiary/aromatic N) is 3. The molecule has 0 N–H and O–H groups in total. The lowest BCUT2D eigenvalue weighted by Crippen LogP contribution is -2.27. The molecule has 0 aliphatic heterocycles. The van der Waals surface area contributed by atoms with Crippen LogP contribution in [-0.4, -0.2) is 15.0 Å². The molecule has 0 saturated heterocycles. The van der Waals surface area contributed by atoms with Crippen molar-refractivity contribution in [2.75, 3.05) is 0 Å². The second-order valence-electron chi connectivity index (χ2n) is 17.0. The van der Waals surface area contributed by atoms with Gasteiger partial charge in [0, 0.05) is 43.7 Å². The molecule has 294 valence electrons. The molecule has 5 heteroatoms. The summed E-state index contributed by atoms with van der Waals surface area (Å²) in [5.74, 6) is 1.73. The molecule has 0 atom stereocenters. The monoisotopic (exact) mass is 797 g/mol. The van der Waals surface area contributed by atoms with E-state index in [2.05, 4.69) is 127 Å². The molecule has 11 aromatic rings. The zero-order chi connectivity index (χ0) is 40.8. The maximum absolute atomic E-state index is 6.29. The zero-order valence-electron chi connectivity index (χ0n) is 33.9. The minimum atomic E-state index is 0.163. The molecule has 5 nitrogen and oxygen atoms in total. The van der Waals surface area contributed by atoms with Gasteiger partial charge >= 0.3 is 0 Å². The Hall–Kier alpha value is -7.63. The molecule has 8 aromatic carbocycles. The van der Waals surface area contributed by atoms with E-state index in [1.54, 1.807) is 0 Å². The van der Waals surface area contributed by atoms with E-state index < -0.39 is 0 Å². The van der Waals surface area contributed by atoms with Crippen molar-refractivity contribution >= 4 is 43.9 Å². The quantitative estimate of drug-likeness (QED) is 0.174. The van der Waals surface area contributed by atoms with Crippen LogP contribution in [0, 0.1) is 0 Å². The van der Waals surface area contributed by atoms with Crippen LogP contribution >= 0.6 is 0 Å². The maximum Gasteiger partial charge on any atom is 0.164 e. The lowest BCUT2D eigenvalue weighted by Gasteiger charge is -2.36. The molecule has 3 aromatic heterocycles. The van der Waals surface area contributed by atoms with Gasteiger partial charge in [0.05, 0.1) is 0 Å². The van der Waals surface area contributed by atoms with E-state index in [-0.39, 0.29) is 5.41 Å². The lowest BCUT2D eigenvalue weighted by molar-refractivity contribution is 0.353. The Bertz CT molecular complexity index is 3440. The van der Waals surface area contributed by atoms with E-state index in [1.165, 1.54) is 65.5 Å². The molecular weight excluding hydrogens is 759 g/mol. The Morgan fingerprint density at radius 3 is 1.47 bits per heavy atom. The SMILES string of the molecule is c1cc(-c2ccc(-c3nc(-c4ccc5c(c4)oc4ccccc45)nc(-c4ccc5c(c4)oc4ccccc45)n3)cc2)cc(-c2ccc3c(c2)-c2ccccc2C32CCCCC2)c1. The molecule has 1 fully saturated rings. The lowest BCUT2D eigenvalue weighted by atomic mass is 9.68. The molecule has 62 heavy (non-hydrogen) atoms. The van der Waals surface area contributed by atoms with Crippen LogP contribution in [0.15, 0.2) is 185 Å². The van der Waals surface area contributed by atoms with E-state index in [9.17, 15) is 0 Å². The largest absolute Gasteiger partial charge is 0.456 e. The number of hydrogen-bond donors (Lipinski definition) is 0. The smallest absolute Gasteiger partial charge is 0.164 e. The predicted octanol–water partition coefficient (Wildman–Crippen LogP) is 15.2. The first-order chi connectivity index (χ1) is 30.6. The van der Waals surface area contributed by atoms with Gasteiger partial charge in [0.2, 0.25) is 0 Å². The summed E-state index contributed by atoms with van der Waals surface area (Å²) in [5, 5.41) is 4.29. The molecule has 0 unspecified atom stereocenters. The van der Waals surface area contributed by atoms with Crippen molar-refractivity contribution in [3.63, 3.8) is 0 Å². The summed E-state index contributed by atoms with van der Waals surface area (Å²) in [7, 11) is 0. The molecule has 0 amide bonds. The van der Waals surface area contributed by atoms with Crippen molar-refractivity contribution in [3.05, 3.63) is 187 Å². The minimum absolute atomic E-state index is 0.163. The molecule has 0 radical (unpaired) electrons. The first kappa shape index (κ1) is 35.2. The Labute approximate surface area is 358 Å². The molecule has 2 aliphatic carbocycles. The highest BCUT2D eigenvalue weighted by Gasteiger charge is 2.43. The topological polar surface area (TPSA) is 65.0 Å². The third-order valence-corrected chi connectivity index (χ3v) is 13.6. The second kappa shape index (κ2) is 13.7. The van der Waals surface area contributed by atoms with Crippen LogP contribution in [0.25, 0.3) is 111 Å².